The summed E-state index contributed by atoms with van der Waals surface area (Å²) in [4.78, 5) is 15.4. The lowest BCUT2D eigenvalue weighted by Crippen LogP contribution is -2.45. The number of carbonyl (C=O) groups is 1. The van der Waals surface area contributed by atoms with Crippen LogP contribution in [0.15, 0.2) is 0 Å². The summed E-state index contributed by atoms with van der Waals surface area (Å²) in [6.07, 6.45) is 10.3. The van der Waals surface area contributed by atoms with Crippen LogP contribution in [0.5, 0.6) is 0 Å². The molecule has 0 aromatic rings. The number of nitrogens with two attached hydrogens (primary N) is 1. The minimum Gasteiger partial charge on any atom is -0.339 e. The first-order valence-corrected chi connectivity index (χ1v) is 8.60. The first-order valence-electron chi connectivity index (χ1n) is 8.60. The molecule has 2 aliphatic rings. The van der Waals surface area contributed by atoms with E-state index < -0.39 is 0 Å². The summed E-state index contributed by atoms with van der Waals surface area (Å²) in [6.45, 7) is 6.23. The summed E-state index contributed by atoms with van der Waals surface area (Å²) in [6, 6.07) is 0.468. The molecule has 1 saturated carbocycles. The van der Waals surface area contributed by atoms with Gasteiger partial charge in [0.1, 0.15) is 0 Å². The molecular formula is C17H32N2O. The average Bonchev–Trinajstić information content (AvgIpc) is 3.04. The Kier molecular flexibility index (Phi) is 5.48. The lowest BCUT2D eigenvalue weighted by molar-refractivity contribution is -0.144. The van der Waals surface area contributed by atoms with Crippen molar-refractivity contribution in [2.45, 2.75) is 77.7 Å². The average molecular weight is 280 g/mol. The van der Waals surface area contributed by atoms with E-state index in [1.807, 2.05) is 0 Å². The van der Waals surface area contributed by atoms with E-state index in [0.717, 1.165) is 45.2 Å². The summed E-state index contributed by atoms with van der Waals surface area (Å²) >= 11 is 0. The molecule has 0 radical (unpaired) electrons. The van der Waals surface area contributed by atoms with E-state index in [2.05, 4.69) is 18.7 Å². The topological polar surface area (TPSA) is 46.3 Å². The van der Waals surface area contributed by atoms with Crippen LogP contribution in [0.25, 0.3) is 0 Å². The standard InChI is InChI=1S/C17H32N2O/c1-14(2)13-17(9-3-4-10-17)16(20)19-12-6-8-15(19)7-5-11-18/h14-15H,3-13,18H2,1-2H3. The minimum atomic E-state index is -0.0283. The number of hydrogen-bond acceptors (Lipinski definition) is 2. The van der Waals surface area contributed by atoms with Gasteiger partial charge in [-0.2, -0.15) is 0 Å². The predicted molar refractivity (Wildman–Crippen MR) is 83.4 cm³/mol. The molecule has 3 heteroatoms. The van der Waals surface area contributed by atoms with Gasteiger partial charge in [0.05, 0.1) is 0 Å². The van der Waals surface area contributed by atoms with Gasteiger partial charge in [-0.1, -0.05) is 26.7 Å². The minimum absolute atomic E-state index is 0.0283. The first-order chi connectivity index (χ1) is 9.59. The maximum Gasteiger partial charge on any atom is 0.229 e. The molecule has 2 rings (SSSR count). The molecule has 2 fully saturated rings. The Bertz CT molecular complexity index is 321. The van der Waals surface area contributed by atoms with Crippen molar-refractivity contribution >= 4 is 5.91 Å². The maximum atomic E-state index is 13.2. The van der Waals surface area contributed by atoms with Gasteiger partial charge in [0.2, 0.25) is 5.91 Å². The highest BCUT2D eigenvalue weighted by molar-refractivity contribution is 5.83. The van der Waals surface area contributed by atoms with Crippen LogP contribution in [-0.4, -0.2) is 29.9 Å². The van der Waals surface area contributed by atoms with Gasteiger partial charge in [-0.05, 0) is 57.4 Å². The van der Waals surface area contributed by atoms with Crippen molar-refractivity contribution in [2.24, 2.45) is 17.1 Å². The number of hydrogen-bond donors (Lipinski definition) is 1. The van der Waals surface area contributed by atoms with E-state index >= 15 is 0 Å². The summed E-state index contributed by atoms with van der Waals surface area (Å²) < 4.78 is 0. The van der Waals surface area contributed by atoms with Gasteiger partial charge in [0.15, 0.2) is 0 Å². The van der Waals surface area contributed by atoms with Crippen molar-refractivity contribution in [3.63, 3.8) is 0 Å². The van der Waals surface area contributed by atoms with E-state index in [9.17, 15) is 4.79 Å². The van der Waals surface area contributed by atoms with Gasteiger partial charge < -0.3 is 10.6 Å². The highest BCUT2D eigenvalue weighted by Gasteiger charge is 2.45. The Labute approximate surface area is 124 Å². The molecule has 0 spiro atoms. The van der Waals surface area contributed by atoms with E-state index in [1.165, 1.54) is 25.7 Å². The van der Waals surface area contributed by atoms with E-state index in [1.54, 1.807) is 0 Å². The third-order valence-corrected chi connectivity index (χ3v) is 5.19. The van der Waals surface area contributed by atoms with Crippen molar-refractivity contribution < 1.29 is 4.79 Å². The van der Waals surface area contributed by atoms with Crippen molar-refractivity contribution in [2.75, 3.05) is 13.1 Å². The number of rotatable bonds is 6. The number of nitrogens with zero attached hydrogens (tertiary/aromatic N) is 1. The molecule has 1 atom stereocenters. The SMILES string of the molecule is CC(C)CC1(C(=O)N2CCCC2CCCN)CCCC1. The van der Waals surface area contributed by atoms with Crippen molar-refractivity contribution in [1.82, 2.24) is 4.90 Å². The molecule has 116 valence electrons. The molecule has 1 amide bonds. The fourth-order valence-corrected chi connectivity index (χ4v) is 4.40. The second-order valence-electron chi connectivity index (χ2n) is 7.31. The number of likely N-dealkylation sites (tertiary alicyclic amines) is 1. The van der Waals surface area contributed by atoms with Crippen molar-refractivity contribution in [3.05, 3.63) is 0 Å². The van der Waals surface area contributed by atoms with E-state index in [4.69, 9.17) is 5.73 Å². The third kappa shape index (κ3) is 3.36. The quantitative estimate of drug-likeness (QED) is 0.811. The molecule has 3 nitrogen and oxygen atoms in total. The Morgan fingerprint density at radius 3 is 2.60 bits per heavy atom. The predicted octanol–water partition coefficient (Wildman–Crippen LogP) is 3.32. The lowest BCUT2D eigenvalue weighted by atomic mass is 9.77. The first kappa shape index (κ1) is 15.8. The van der Waals surface area contributed by atoms with Crippen LogP contribution in [0.2, 0.25) is 0 Å². The van der Waals surface area contributed by atoms with Gasteiger partial charge in [0.25, 0.3) is 0 Å². The van der Waals surface area contributed by atoms with Crippen molar-refractivity contribution in [3.8, 4) is 0 Å². The van der Waals surface area contributed by atoms with Gasteiger partial charge in [-0.15, -0.1) is 0 Å². The van der Waals surface area contributed by atoms with Crippen LogP contribution >= 0.6 is 0 Å². The van der Waals surface area contributed by atoms with Crippen LogP contribution in [0, 0.1) is 11.3 Å². The van der Waals surface area contributed by atoms with Crippen LogP contribution in [0.4, 0.5) is 0 Å². The monoisotopic (exact) mass is 280 g/mol. The van der Waals surface area contributed by atoms with Gasteiger partial charge in [-0.3, -0.25) is 4.79 Å². The number of amides is 1. The summed E-state index contributed by atoms with van der Waals surface area (Å²) in [5.41, 5.74) is 5.61. The van der Waals surface area contributed by atoms with Crippen LogP contribution in [-0.2, 0) is 4.79 Å². The Balaban J connectivity index is 2.06. The molecule has 1 aliphatic carbocycles. The molecule has 1 saturated heterocycles. The highest BCUT2D eigenvalue weighted by atomic mass is 16.2. The molecule has 20 heavy (non-hydrogen) atoms. The van der Waals surface area contributed by atoms with E-state index in [0.29, 0.717) is 17.9 Å². The van der Waals surface area contributed by atoms with Crippen LogP contribution in [0.3, 0.4) is 0 Å². The van der Waals surface area contributed by atoms with Gasteiger partial charge in [-0.25, -0.2) is 0 Å². The summed E-state index contributed by atoms with van der Waals surface area (Å²) in [7, 11) is 0. The molecule has 0 aromatic heterocycles. The largest absolute Gasteiger partial charge is 0.339 e. The molecule has 0 bridgehead atoms. The molecule has 2 N–H and O–H groups in total. The summed E-state index contributed by atoms with van der Waals surface area (Å²) in [5.74, 6) is 1.09. The fraction of sp³-hybridized carbons (Fsp3) is 0.941. The molecule has 1 heterocycles. The maximum absolute atomic E-state index is 13.2. The summed E-state index contributed by atoms with van der Waals surface area (Å²) in [5, 5.41) is 0. The fourth-order valence-electron chi connectivity index (χ4n) is 4.40. The van der Waals surface area contributed by atoms with Gasteiger partial charge >= 0.3 is 0 Å². The number of carbonyl (C=O) groups excluding carboxylic acids is 1. The smallest absolute Gasteiger partial charge is 0.229 e. The zero-order chi connectivity index (χ0) is 14.6. The Morgan fingerprint density at radius 1 is 1.30 bits per heavy atom. The lowest BCUT2D eigenvalue weighted by Gasteiger charge is -2.36. The molecule has 1 unspecified atom stereocenters. The Hall–Kier alpha value is -0.570. The van der Waals surface area contributed by atoms with Crippen molar-refractivity contribution in [1.29, 1.82) is 0 Å². The van der Waals surface area contributed by atoms with Gasteiger partial charge in [0, 0.05) is 18.0 Å². The normalized spacial score (nSPS) is 25.6. The molecule has 1 aliphatic heterocycles. The second kappa shape index (κ2) is 6.93. The highest BCUT2D eigenvalue weighted by Crippen LogP contribution is 2.45. The van der Waals surface area contributed by atoms with Crippen LogP contribution < -0.4 is 5.73 Å². The molecule has 0 aromatic carbocycles. The third-order valence-electron chi connectivity index (χ3n) is 5.19. The zero-order valence-corrected chi connectivity index (χ0v) is 13.4. The zero-order valence-electron chi connectivity index (χ0n) is 13.4. The van der Waals surface area contributed by atoms with E-state index in [-0.39, 0.29) is 5.41 Å². The van der Waals surface area contributed by atoms with Crippen LogP contribution in [0.1, 0.15) is 71.6 Å². The molecular weight excluding hydrogens is 248 g/mol. The Morgan fingerprint density at radius 2 is 2.00 bits per heavy atom. The second-order valence-corrected chi connectivity index (χ2v) is 7.31.